The molecule has 5 heteroatoms. The van der Waals surface area contributed by atoms with Gasteiger partial charge in [-0.1, -0.05) is 29.8 Å². The van der Waals surface area contributed by atoms with E-state index in [9.17, 15) is 5.11 Å². The Hall–Kier alpha value is -2.50. The zero-order valence-electron chi connectivity index (χ0n) is 16.8. The van der Waals surface area contributed by atoms with Crippen LogP contribution in [0.3, 0.4) is 0 Å². The van der Waals surface area contributed by atoms with Crippen molar-refractivity contribution in [2.45, 2.75) is 19.1 Å². The Morgan fingerprint density at radius 2 is 1.57 bits per heavy atom. The molecular formula is C23H28N2O3. The van der Waals surface area contributed by atoms with Crippen molar-refractivity contribution in [1.29, 1.82) is 0 Å². The zero-order chi connectivity index (χ0) is 19.7. The second-order valence-electron chi connectivity index (χ2n) is 7.49. The topological polar surface area (TPSA) is 45.2 Å². The molecule has 4 rings (SSSR count). The summed E-state index contributed by atoms with van der Waals surface area (Å²) in [7, 11) is 3.25. The Morgan fingerprint density at radius 3 is 2.21 bits per heavy atom. The second kappa shape index (κ2) is 7.86. The molecule has 0 saturated carbocycles. The molecule has 0 aromatic heterocycles. The van der Waals surface area contributed by atoms with E-state index in [1.54, 1.807) is 14.2 Å². The molecule has 2 aromatic rings. The number of methoxy groups -OCH3 is 2. The first-order valence-electron chi connectivity index (χ1n) is 9.78. The molecular weight excluding hydrogens is 352 g/mol. The van der Waals surface area contributed by atoms with Gasteiger partial charge in [0.05, 0.1) is 26.4 Å². The molecule has 1 fully saturated rings. The van der Waals surface area contributed by atoms with Crippen LogP contribution in [0.4, 0.5) is 5.69 Å². The second-order valence-corrected chi connectivity index (χ2v) is 7.49. The summed E-state index contributed by atoms with van der Waals surface area (Å²) in [6.45, 7) is 5.86. The molecule has 5 nitrogen and oxygen atoms in total. The van der Waals surface area contributed by atoms with E-state index in [0.717, 1.165) is 37.3 Å². The smallest absolute Gasteiger partial charge is 0.161 e. The van der Waals surface area contributed by atoms with Gasteiger partial charge in [-0.25, -0.2) is 0 Å². The Balaban J connectivity index is 1.48. The molecule has 2 aromatic carbocycles. The van der Waals surface area contributed by atoms with Crippen molar-refractivity contribution in [3.8, 4) is 11.5 Å². The number of rotatable bonds is 4. The standard InChI is InChI=1S/C23H28N2O3/c1-16-4-7-18(8-5-16)24-10-12-25(13-11-24)20-9-6-17-14-21(27-2)22(28-3)15-19(17)23(20)26/h4-9,14-15,20,23,26H,10-13H2,1-3H3/t20-,23-/m1/s1. The summed E-state index contributed by atoms with van der Waals surface area (Å²) in [6.07, 6.45) is 3.62. The Labute approximate surface area is 166 Å². The number of aliphatic hydroxyl groups is 1. The fraction of sp³-hybridized carbons (Fsp3) is 0.391. The summed E-state index contributed by atoms with van der Waals surface area (Å²) in [4.78, 5) is 4.78. The van der Waals surface area contributed by atoms with Gasteiger partial charge in [-0.3, -0.25) is 4.90 Å². The number of benzene rings is 2. The third-order valence-electron chi connectivity index (χ3n) is 5.84. The van der Waals surface area contributed by atoms with Gasteiger partial charge in [0.2, 0.25) is 0 Å². The van der Waals surface area contributed by atoms with Crippen molar-refractivity contribution in [2.24, 2.45) is 0 Å². The number of hydrogen-bond acceptors (Lipinski definition) is 5. The van der Waals surface area contributed by atoms with Crippen LogP contribution in [0.2, 0.25) is 0 Å². The average molecular weight is 380 g/mol. The highest BCUT2D eigenvalue weighted by atomic mass is 16.5. The quantitative estimate of drug-likeness (QED) is 0.882. The molecule has 0 spiro atoms. The third-order valence-corrected chi connectivity index (χ3v) is 5.84. The minimum absolute atomic E-state index is 0.0224. The van der Waals surface area contributed by atoms with Gasteiger partial charge in [0.1, 0.15) is 0 Å². The fourth-order valence-corrected chi connectivity index (χ4v) is 4.16. The Bertz CT molecular complexity index is 855. The van der Waals surface area contributed by atoms with Gasteiger partial charge >= 0.3 is 0 Å². The molecule has 0 bridgehead atoms. The van der Waals surface area contributed by atoms with Gasteiger partial charge in [0.25, 0.3) is 0 Å². The molecule has 1 saturated heterocycles. The monoisotopic (exact) mass is 380 g/mol. The van der Waals surface area contributed by atoms with E-state index in [1.165, 1.54) is 11.3 Å². The van der Waals surface area contributed by atoms with Crippen LogP contribution < -0.4 is 14.4 Å². The normalized spacial score (nSPS) is 22.1. The third kappa shape index (κ3) is 3.48. The molecule has 0 amide bonds. The number of fused-ring (bicyclic) bond motifs is 1. The number of piperazine rings is 1. The van der Waals surface area contributed by atoms with Crippen LogP contribution in [0.5, 0.6) is 11.5 Å². The summed E-state index contributed by atoms with van der Waals surface area (Å²) in [6, 6.07) is 12.5. The maximum absolute atomic E-state index is 11.1. The zero-order valence-corrected chi connectivity index (χ0v) is 16.8. The van der Waals surface area contributed by atoms with Crippen molar-refractivity contribution in [1.82, 2.24) is 4.90 Å². The lowest BCUT2D eigenvalue weighted by Gasteiger charge is -2.42. The van der Waals surface area contributed by atoms with Crippen molar-refractivity contribution in [2.75, 3.05) is 45.3 Å². The van der Waals surface area contributed by atoms with Gasteiger partial charge in [-0.15, -0.1) is 0 Å². The maximum Gasteiger partial charge on any atom is 0.161 e. The van der Waals surface area contributed by atoms with Gasteiger partial charge in [0.15, 0.2) is 11.5 Å². The van der Waals surface area contributed by atoms with Crippen LogP contribution in [0.15, 0.2) is 42.5 Å². The van der Waals surface area contributed by atoms with Crippen molar-refractivity contribution in [3.05, 3.63) is 59.2 Å². The summed E-state index contributed by atoms with van der Waals surface area (Å²) >= 11 is 0. The number of aryl methyl sites for hydroxylation is 1. The van der Waals surface area contributed by atoms with Crippen molar-refractivity contribution < 1.29 is 14.6 Å². The molecule has 2 aliphatic rings. The predicted molar refractivity (Wildman–Crippen MR) is 112 cm³/mol. The molecule has 1 heterocycles. The lowest BCUT2D eigenvalue weighted by Crippen LogP contribution is -2.51. The highest BCUT2D eigenvalue weighted by Gasteiger charge is 2.32. The lowest BCUT2D eigenvalue weighted by atomic mass is 9.89. The summed E-state index contributed by atoms with van der Waals surface area (Å²) in [5.74, 6) is 1.34. The number of anilines is 1. The molecule has 1 N–H and O–H groups in total. The number of nitrogens with zero attached hydrogens (tertiary/aromatic N) is 2. The minimum atomic E-state index is -0.578. The van der Waals surface area contributed by atoms with Crippen molar-refractivity contribution in [3.63, 3.8) is 0 Å². The average Bonchev–Trinajstić information content (AvgIpc) is 2.74. The predicted octanol–water partition coefficient (Wildman–Crippen LogP) is 3.26. The molecule has 2 atom stereocenters. The van der Waals surface area contributed by atoms with E-state index in [4.69, 9.17) is 9.47 Å². The summed E-state index contributed by atoms with van der Waals surface area (Å²) in [5, 5.41) is 11.1. The van der Waals surface area contributed by atoms with Gasteiger partial charge in [0, 0.05) is 31.9 Å². The lowest BCUT2D eigenvalue weighted by molar-refractivity contribution is 0.0682. The number of aliphatic hydroxyl groups excluding tert-OH is 1. The largest absolute Gasteiger partial charge is 0.493 e. The minimum Gasteiger partial charge on any atom is -0.493 e. The van der Waals surface area contributed by atoms with Crippen molar-refractivity contribution >= 4 is 11.8 Å². The van der Waals surface area contributed by atoms with Crippen LogP contribution in [0.25, 0.3) is 6.08 Å². The SMILES string of the molecule is COc1cc2c(cc1OC)[C@@H](O)[C@H](N1CCN(c3ccc(C)cc3)CC1)C=C2. The van der Waals surface area contributed by atoms with Crippen LogP contribution in [0.1, 0.15) is 22.8 Å². The van der Waals surface area contributed by atoms with Crippen LogP contribution >= 0.6 is 0 Å². The first kappa shape index (κ1) is 18.8. The first-order chi connectivity index (χ1) is 13.6. The molecule has 0 unspecified atom stereocenters. The first-order valence-corrected chi connectivity index (χ1v) is 9.78. The molecule has 148 valence electrons. The Kier molecular flexibility index (Phi) is 5.29. The molecule has 28 heavy (non-hydrogen) atoms. The highest BCUT2D eigenvalue weighted by molar-refractivity contribution is 5.64. The molecule has 0 radical (unpaired) electrons. The van der Waals surface area contributed by atoms with Crippen LogP contribution in [0, 0.1) is 6.92 Å². The van der Waals surface area contributed by atoms with E-state index in [1.807, 2.05) is 12.1 Å². The van der Waals surface area contributed by atoms with E-state index < -0.39 is 6.10 Å². The van der Waals surface area contributed by atoms with E-state index in [0.29, 0.717) is 11.5 Å². The van der Waals surface area contributed by atoms with E-state index >= 15 is 0 Å². The summed E-state index contributed by atoms with van der Waals surface area (Å²) < 4.78 is 10.8. The molecule has 1 aliphatic heterocycles. The van der Waals surface area contributed by atoms with Gasteiger partial charge < -0.3 is 19.5 Å². The molecule has 1 aliphatic carbocycles. The van der Waals surface area contributed by atoms with E-state index in [2.05, 4.69) is 53.1 Å². The van der Waals surface area contributed by atoms with Gasteiger partial charge in [-0.2, -0.15) is 0 Å². The maximum atomic E-state index is 11.1. The van der Waals surface area contributed by atoms with Crippen LogP contribution in [-0.2, 0) is 0 Å². The summed E-state index contributed by atoms with van der Waals surface area (Å²) in [5.41, 5.74) is 4.43. The van der Waals surface area contributed by atoms with Gasteiger partial charge in [-0.05, 0) is 42.3 Å². The number of ether oxygens (including phenoxy) is 2. The Morgan fingerprint density at radius 1 is 0.929 bits per heavy atom. The fourth-order valence-electron chi connectivity index (χ4n) is 4.16. The van der Waals surface area contributed by atoms with E-state index in [-0.39, 0.29) is 6.04 Å². The highest BCUT2D eigenvalue weighted by Crippen LogP contribution is 2.38. The number of hydrogen-bond donors (Lipinski definition) is 1. The van der Waals surface area contributed by atoms with Crippen LogP contribution in [-0.4, -0.2) is 56.4 Å².